The minimum absolute atomic E-state index is 0.0101. The Morgan fingerprint density at radius 2 is 2.05 bits per heavy atom. The summed E-state index contributed by atoms with van der Waals surface area (Å²) in [6.07, 6.45) is 0.755. The van der Waals surface area contributed by atoms with E-state index < -0.39 is 27.4 Å². The number of aryl methyl sites for hydroxylation is 1. The van der Waals surface area contributed by atoms with Crippen LogP contribution in [0.4, 0.5) is 4.39 Å². The molecule has 1 aliphatic carbocycles. The number of halogens is 1. The lowest BCUT2D eigenvalue weighted by Gasteiger charge is -2.09. The summed E-state index contributed by atoms with van der Waals surface area (Å²) in [6.45, 7) is 3.24. The Bertz CT molecular complexity index is 641. The lowest BCUT2D eigenvalue weighted by molar-refractivity contribution is 0.0691. The number of nitrogens with one attached hydrogen (secondary N) is 1. The summed E-state index contributed by atoms with van der Waals surface area (Å²) in [5.74, 6) is -2.13. The van der Waals surface area contributed by atoms with E-state index in [9.17, 15) is 17.6 Å². The first-order valence-corrected chi connectivity index (χ1v) is 7.26. The van der Waals surface area contributed by atoms with Crippen LogP contribution >= 0.6 is 0 Å². The second-order valence-corrected chi connectivity index (χ2v) is 6.56. The fourth-order valence-corrected chi connectivity index (χ4v) is 3.27. The van der Waals surface area contributed by atoms with Crippen molar-refractivity contribution in [2.75, 3.05) is 0 Å². The second kappa shape index (κ2) is 4.57. The number of carbonyl (C=O) groups is 1. The molecule has 104 valence electrons. The molecule has 1 saturated carbocycles. The molecule has 1 fully saturated rings. The molecule has 2 atom stereocenters. The molecule has 5 nitrogen and oxygen atoms in total. The van der Waals surface area contributed by atoms with Gasteiger partial charge in [-0.3, -0.25) is 0 Å². The normalized spacial score (nSPS) is 22.3. The van der Waals surface area contributed by atoms with E-state index in [-0.39, 0.29) is 22.4 Å². The van der Waals surface area contributed by atoms with Crippen molar-refractivity contribution in [1.82, 2.24) is 4.72 Å². The van der Waals surface area contributed by atoms with Crippen LogP contribution in [0.3, 0.4) is 0 Å². The van der Waals surface area contributed by atoms with E-state index in [0.29, 0.717) is 0 Å². The molecule has 0 heterocycles. The van der Waals surface area contributed by atoms with Crippen molar-refractivity contribution in [2.45, 2.75) is 31.2 Å². The van der Waals surface area contributed by atoms with Gasteiger partial charge in [-0.15, -0.1) is 0 Å². The average Bonchev–Trinajstić information content (AvgIpc) is 2.96. The highest BCUT2D eigenvalue weighted by molar-refractivity contribution is 7.89. The summed E-state index contributed by atoms with van der Waals surface area (Å²) in [7, 11) is -3.81. The molecular weight excluding hydrogens is 273 g/mol. The molecule has 19 heavy (non-hydrogen) atoms. The van der Waals surface area contributed by atoms with Crippen molar-refractivity contribution < 1.29 is 22.7 Å². The zero-order valence-electron chi connectivity index (χ0n) is 10.5. The Morgan fingerprint density at radius 1 is 1.47 bits per heavy atom. The molecule has 1 aromatic rings. The van der Waals surface area contributed by atoms with Gasteiger partial charge < -0.3 is 5.11 Å². The summed E-state index contributed by atoms with van der Waals surface area (Å²) in [5, 5.41) is 8.86. The van der Waals surface area contributed by atoms with E-state index in [0.717, 1.165) is 18.6 Å². The maximum atomic E-state index is 13.6. The standard InChI is InChI=1S/C12H14FNO4S/c1-6-4-10(6)14-19(17,18)8-3-7(2)11(13)9(5-8)12(15)16/h3,5-6,10,14H,4H2,1-2H3,(H,15,16). The predicted molar refractivity (Wildman–Crippen MR) is 66.0 cm³/mol. The molecule has 2 rings (SSSR count). The molecular formula is C12H14FNO4S. The fourth-order valence-electron chi connectivity index (χ4n) is 1.80. The third kappa shape index (κ3) is 2.76. The molecule has 0 radical (unpaired) electrons. The second-order valence-electron chi connectivity index (χ2n) is 4.85. The van der Waals surface area contributed by atoms with Gasteiger partial charge in [-0.1, -0.05) is 6.92 Å². The third-order valence-electron chi connectivity index (χ3n) is 3.18. The van der Waals surface area contributed by atoms with Gasteiger partial charge >= 0.3 is 5.97 Å². The highest BCUT2D eigenvalue weighted by Crippen LogP contribution is 2.31. The van der Waals surface area contributed by atoms with Crippen molar-refractivity contribution in [3.63, 3.8) is 0 Å². The number of rotatable bonds is 4. The first kappa shape index (κ1) is 14.0. The summed E-state index contributed by atoms with van der Waals surface area (Å²) in [4.78, 5) is 10.7. The third-order valence-corrected chi connectivity index (χ3v) is 4.65. The van der Waals surface area contributed by atoms with Crippen molar-refractivity contribution >= 4 is 16.0 Å². The number of benzene rings is 1. The quantitative estimate of drug-likeness (QED) is 0.879. The van der Waals surface area contributed by atoms with Crippen LogP contribution in [0, 0.1) is 18.7 Å². The number of aromatic carboxylic acids is 1. The highest BCUT2D eigenvalue weighted by Gasteiger charge is 2.36. The van der Waals surface area contributed by atoms with Gasteiger partial charge in [0.2, 0.25) is 10.0 Å². The Balaban J connectivity index is 2.42. The van der Waals surface area contributed by atoms with E-state index >= 15 is 0 Å². The minimum Gasteiger partial charge on any atom is -0.478 e. The van der Waals surface area contributed by atoms with Gasteiger partial charge in [-0.05, 0) is 37.0 Å². The van der Waals surface area contributed by atoms with E-state index in [1.165, 1.54) is 6.92 Å². The van der Waals surface area contributed by atoms with Crippen LogP contribution in [-0.2, 0) is 10.0 Å². The van der Waals surface area contributed by atoms with Crippen LogP contribution in [0.15, 0.2) is 17.0 Å². The largest absolute Gasteiger partial charge is 0.478 e. The number of hydrogen-bond acceptors (Lipinski definition) is 3. The summed E-state index contributed by atoms with van der Waals surface area (Å²) >= 11 is 0. The van der Waals surface area contributed by atoms with Gasteiger partial charge in [-0.25, -0.2) is 22.3 Å². The Labute approximate surface area is 110 Å². The van der Waals surface area contributed by atoms with Crippen molar-refractivity contribution in [3.8, 4) is 0 Å². The lowest BCUT2D eigenvalue weighted by Crippen LogP contribution is -2.27. The summed E-state index contributed by atoms with van der Waals surface area (Å²) in [5.41, 5.74) is -0.645. The molecule has 1 aliphatic rings. The van der Waals surface area contributed by atoms with Gasteiger partial charge in [0.1, 0.15) is 5.82 Å². The number of carboxylic acid groups (broad SMARTS) is 1. The van der Waals surface area contributed by atoms with Crippen LogP contribution < -0.4 is 4.72 Å². The SMILES string of the molecule is Cc1cc(S(=O)(=O)NC2CC2C)cc(C(=O)O)c1F. The first-order chi connectivity index (χ1) is 8.72. The number of hydrogen-bond donors (Lipinski definition) is 2. The molecule has 0 bridgehead atoms. The molecule has 0 saturated heterocycles. The van der Waals surface area contributed by atoms with Crippen molar-refractivity contribution in [2.24, 2.45) is 5.92 Å². The number of sulfonamides is 1. The van der Waals surface area contributed by atoms with E-state index in [1.807, 2.05) is 6.92 Å². The molecule has 0 amide bonds. The molecule has 1 aromatic carbocycles. The maximum absolute atomic E-state index is 13.6. The smallest absolute Gasteiger partial charge is 0.338 e. The molecule has 0 aromatic heterocycles. The van der Waals surface area contributed by atoms with E-state index in [4.69, 9.17) is 5.11 Å². The Morgan fingerprint density at radius 3 is 2.53 bits per heavy atom. The lowest BCUT2D eigenvalue weighted by atomic mass is 10.1. The van der Waals surface area contributed by atoms with E-state index in [2.05, 4.69) is 4.72 Å². The first-order valence-electron chi connectivity index (χ1n) is 5.78. The van der Waals surface area contributed by atoms with Crippen LogP contribution in [0.25, 0.3) is 0 Å². The van der Waals surface area contributed by atoms with Gasteiger partial charge in [0.25, 0.3) is 0 Å². The maximum Gasteiger partial charge on any atom is 0.338 e. The average molecular weight is 287 g/mol. The monoisotopic (exact) mass is 287 g/mol. The fraction of sp³-hybridized carbons (Fsp3) is 0.417. The van der Waals surface area contributed by atoms with Crippen LogP contribution in [-0.4, -0.2) is 25.5 Å². The summed E-state index contributed by atoms with van der Waals surface area (Å²) < 4.78 is 40.1. The van der Waals surface area contributed by atoms with Gasteiger partial charge in [0.05, 0.1) is 10.5 Å². The topological polar surface area (TPSA) is 83.5 Å². The zero-order valence-corrected chi connectivity index (χ0v) is 11.3. The minimum atomic E-state index is -3.81. The van der Waals surface area contributed by atoms with Gasteiger partial charge in [0.15, 0.2) is 0 Å². The Kier molecular flexibility index (Phi) is 3.36. The van der Waals surface area contributed by atoms with Crippen LogP contribution in [0.5, 0.6) is 0 Å². The molecule has 0 aliphatic heterocycles. The molecule has 2 N–H and O–H groups in total. The van der Waals surface area contributed by atoms with E-state index in [1.54, 1.807) is 0 Å². The van der Waals surface area contributed by atoms with Gasteiger partial charge in [-0.2, -0.15) is 0 Å². The Hall–Kier alpha value is -1.47. The van der Waals surface area contributed by atoms with Crippen molar-refractivity contribution in [3.05, 3.63) is 29.1 Å². The highest BCUT2D eigenvalue weighted by atomic mass is 32.2. The molecule has 2 unspecified atom stereocenters. The molecule has 0 spiro atoms. The summed E-state index contributed by atoms with van der Waals surface area (Å²) in [6, 6.07) is 1.86. The predicted octanol–water partition coefficient (Wildman–Crippen LogP) is 1.52. The van der Waals surface area contributed by atoms with Crippen LogP contribution in [0.2, 0.25) is 0 Å². The van der Waals surface area contributed by atoms with Crippen molar-refractivity contribution in [1.29, 1.82) is 0 Å². The molecule has 7 heteroatoms. The van der Waals surface area contributed by atoms with Crippen LogP contribution in [0.1, 0.15) is 29.3 Å². The number of carboxylic acids is 1. The zero-order chi connectivity index (χ0) is 14.4. The van der Waals surface area contributed by atoms with Gasteiger partial charge in [0, 0.05) is 6.04 Å².